The molecule has 0 aromatic heterocycles. The molecule has 0 heterocycles. The molecular formula is C17H18Cl3N2O2+. The van der Waals surface area contributed by atoms with Crippen LogP contribution in [0.15, 0.2) is 36.4 Å². The van der Waals surface area contributed by atoms with Crippen LogP contribution >= 0.6 is 34.8 Å². The van der Waals surface area contributed by atoms with Crippen molar-refractivity contribution < 1.29 is 14.8 Å². The van der Waals surface area contributed by atoms with Crippen LogP contribution < -0.4 is 15.4 Å². The molecular weight excluding hydrogens is 371 g/mol. The lowest BCUT2D eigenvalue weighted by atomic mass is 10.2. The minimum Gasteiger partial charge on any atom is -0.497 e. The van der Waals surface area contributed by atoms with Crippen LogP contribution in [0.1, 0.15) is 12.5 Å². The Kier molecular flexibility index (Phi) is 6.75. The lowest BCUT2D eigenvalue weighted by molar-refractivity contribution is -0.688. The van der Waals surface area contributed by atoms with Gasteiger partial charge in [-0.3, -0.25) is 4.79 Å². The summed E-state index contributed by atoms with van der Waals surface area (Å²) >= 11 is 17.9. The Morgan fingerprint density at radius 1 is 1.17 bits per heavy atom. The van der Waals surface area contributed by atoms with E-state index in [0.717, 1.165) is 11.3 Å². The number of rotatable bonds is 6. The maximum Gasteiger partial charge on any atom is 0.282 e. The first-order valence-electron chi connectivity index (χ1n) is 7.32. The van der Waals surface area contributed by atoms with Crippen molar-refractivity contribution in [2.24, 2.45) is 0 Å². The fourth-order valence-electron chi connectivity index (χ4n) is 2.08. The van der Waals surface area contributed by atoms with E-state index >= 15 is 0 Å². The average molecular weight is 389 g/mol. The Bertz CT molecular complexity index is 738. The van der Waals surface area contributed by atoms with E-state index in [-0.39, 0.29) is 11.9 Å². The Morgan fingerprint density at radius 3 is 2.58 bits per heavy atom. The number of methoxy groups -OCH3 is 1. The van der Waals surface area contributed by atoms with Crippen molar-refractivity contribution in [2.45, 2.75) is 19.5 Å². The second-order valence-corrected chi connectivity index (χ2v) is 6.54. The molecule has 7 heteroatoms. The lowest BCUT2D eigenvalue weighted by Gasteiger charge is -2.13. The van der Waals surface area contributed by atoms with Gasteiger partial charge in [-0.25, -0.2) is 0 Å². The summed E-state index contributed by atoms with van der Waals surface area (Å²) in [4.78, 5) is 12.3. The first-order chi connectivity index (χ1) is 11.4. The van der Waals surface area contributed by atoms with Gasteiger partial charge in [0.25, 0.3) is 5.91 Å². The highest BCUT2D eigenvalue weighted by Gasteiger charge is 2.18. The van der Waals surface area contributed by atoms with Gasteiger partial charge in [0.1, 0.15) is 12.3 Å². The van der Waals surface area contributed by atoms with Crippen molar-refractivity contribution >= 4 is 46.4 Å². The number of amides is 1. The molecule has 0 bridgehead atoms. The zero-order valence-electron chi connectivity index (χ0n) is 13.3. The number of nitrogens with one attached hydrogen (secondary N) is 1. The molecule has 0 radical (unpaired) electrons. The maximum atomic E-state index is 12.3. The van der Waals surface area contributed by atoms with Crippen molar-refractivity contribution in [1.82, 2.24) is 0 Å². The smallest absolute Gasteiger partial charge is 0.282 e. The molecule has 24 heavy (non-hydrogen) atoms. The number of hydrogen-bond acceptors (Lipinski definition) is 2. The molecule has 0 aliphatic heterocycles. The number of halogens is 3. The third-order valence-electron chi connectivity index (χ3n) is 3.52. The van der Waals surface area contributed by atoms with Gasteiger partial charge in [-0.05, 0) is 31.2 Å². The number of ether oxygens (including phenoxy) is 1. The average Bonchev–Trinajstić information content (AvgIpc) is 2.57. The Balaban J connectivity index is 1.96. The molecule has 0 saturated heterocycles. The zero-order valence-corrected chi connectivity index (χ0v) is 15.5. The normalized spacial score (nSPS) is 11.9. The fourth-order valence-corrected chi connectivity index (χ4v) is 2.68. The van der Waals surface area contributed by atoms with Crippen LogP contribution in [0.2, 0.25) is 15.1 Å². The van der Waals surface area contributed by atoms with Crippen LogP contribution in [-0.2, 0) is 11.3 Å². The lowest BCUT2D eigenvalue weighted by Crippen LogP contribution is -2.90. The second kappa shape index (κ2) is 8.58. The largest absolute Gasteiger partial charge is 0.497 e. The summed E-state index contributed by atoms with van der Waals surface area (Å²) in [5, 5.41) is 5.72. The molecule has 4 nitrogen and oxygen atoms in total. The van der Waals surface area contributed by atoms with E-state index in [9.17, 15) is 4.79 Å². The van der Waals surface area contributed by atoms with Crippen LogP contribution in [-0.4, -0.2) is 19.1 Å². The van der Waals surface area contributed by atoms with Crippen molar-refractivity contribution in [3.05, 3.63) is 57.0 Å². The first-order valence-corrected chi connectivity index (χ1v) is 8.45. The molecule has 0 unspecified atom stereocenters. The van der Waals surface area contributed by atoms with Crippen molar-refractivity contribution in [3.63, 3.8) is 0 Å². The number of carbonyl (C=O) groups excluding carboxylic acids is 1. The molecule has 0 fully saturated rings. The first kappa shape index (κ1) is 18.9. The number of carbonyl (C=O) groups is 1. The summed E-state index contributed by atoms with van der Waals surface area (Å²) in [6, 6.07) is 10.5. The van der Waals surface area contributed by atoms with Gasteiger partial charge < -0.3 is 15.4 Å². The summed E-state index contributed by atoms with van der Waals surface area (Å²) in [6.07, 6.45) is 0. The van der Waals surface area contributed by atoms with E-state index in [1.165, 1.54) is 6.07 Å². The SMILES string of the molecule is COc1cccc(C[NH2+][C@@H](C)C(=O)Nc2cc(Cl)c(Cl)cc2Cl)c1. The van der Waals surface area contributed by atoms with Gasteiger partial charge in [-0.2, -0.15) is 0 Å². The Hall–Kier alpha value is -1.46. The van der Waals surface area contributed by atoms with E-state index in [1.54, 1.807) is 13.2 Å². The van der Waals surface area contributed by atoms with Crippen molar-refractivity contribution in [2.75, 3.05) is 12.4 Å². The van der Waals surface area contributed by atoms with E-state index in [0.29, 0.717) is 27.3 Å². The van der Waals surface area contributed by atoms with Crippen molar-refractivity contribution in [3.8, 4) is 5.75 Å². The van der Waals surface area contributed by atoms with Gasteiger partial charge >= 0.3 is 0 Å². The zero-order chi connectivity index (χ0) is 17.7. The second-order valence-electron chi connectivity index (χ2n) is 5.32. The van der Waals surface area contributed by atoms with Crippen LogP contribution in [0.3, 0.4) is 0 Å². The van der Waals surface area contributed by atoms with Gasteiger partial charge in [0.05, 0.1) is 27.9 Å². The van der Waals surface area contributed by atoms with Gasteiger partial charge in [-0.1, -0.05) is 46.9 Å². The molecule has 1 atom stereocenters. The monoisotopic (exact) mass is 387 g/mol. The molecule has 3 N–H and O–H groups in total. The van der Waals surface area contributed by atoms with Crippen LogP contribution in [0.4, 0.5) is 5.69 Å². The molecule has 0 aliphatic rings. The molecule has 0 spiro atoms. The molecule has 2 aromatic carbocycles. The predicted octanol–water partition coefficient (Wildman–Crippen LogP) is 3.75. The van der Waals surface area contributed by atoms with E-state index < -0.39 is 0 Å². The summed E-state index contributed by atoms with van der Waals surface area (Å²) in [6.45, 7) is 2.47. The van der Waals surface area contributed by atoms with E-state index in [4.69, 9.17) is 39.5 Å². The van der Waals surface area contributed by atoms with Gasteiger partial charge in [0.2, 0.25) is 0 Å². The summed E-state index contributed by atoms with van der Waals surface area (Å²) in [5.41, 5.74) is 1.51. The summed E-state index contributed by atoms with van der Waals surface area (Å²) < 4.78 is 5.19. The van der Waals surface area contributed by atoms with Crippen LogP contribution in [0.25, 0.3) is 0 Å². The molecule has 0 saturated carbocycles. The standard InChI is InChI=1S/C17H17Cl3N2O2/c1-10(21-9-11-4-3-5-12(6-11)24-2)17(23)22-16-8-14(19)13(18)7-15(16)20/h3-8,10,21H,9H2,1-2H3,(H,22,23)/p+1/t10-/m0/s1. The van der Waals surface area contributed by atoms with Gasteiger partial charge in [0, 0.05) is 5.56 Å². The van der Waals surface area contributed by atoms with E-state index in [2.05, 4.69) is 5.32 Å². The number of quaternary nitrogens is 1. The highest BCUT2D eigenvalue weighted by molar-refractivity contribution is 6.44. The molecule has 2 rings (SSSR count). The number of benzene rings is 2. The maximum absolute atomic E-state index is 12.3. The minimum atomic E-state index is -0.304. The third-order valence-corrected chi connectivity index (χ3v) is 4.56. The molecule has 2 aromatic rings. The number of hydrogen-bond donors (Lipinski definition) is 2. The molecule has 1 amide bonds. The van der Waals surface area contributed by atoms with Crippen LogP contribution in [0.5, 0.6) is 5.75 Å². The van der Waals surface area contributed by atoms with E-state index in [1.807, 2.05) is 36.5 Å². The molecule has 128 valence electrons. The number of nitrogens with two attached hydrogens (primary N) is 1. The number of anilines is 1. The summed E-state index contributed by atoms with van der Waals surface area (Å²) in [7, 11) is 1.62. The molecule has 0 aliphatic carbocycles. The van der Waals surface area contributed by atoms with Crippen molar-refractivity contribution in [1.29, 1.82) is 0 Å². The highest BCUT2D eigenvalue weighted by atomic mass is 35.5. The third kappa shape index (κ3) is 5.02. The van der Waals surface area contributed by atoms with Gasteiger partial charge in [0.15, 0.2) is 6.04 Å². The fraction of sp³-hybridized carbons (Fsp3) is 0.235. The minimum absolute atomic E-state index is 0.168. The topological polar surface area (TPSA) is 54.9 Å². The highest BCUT2D eigenvalue weighted by Crippen LogP contribution is 2.32. The quantitative estimate of drug-likeness (QED) is 0.741. The Morgan fingerprint density at radius 2 is 1.88 bits per heavy atom. The summed E-state index contributed by atoms with van der Waals surface area (Å²) in [5.74, 6) is 0.624. The predicted molar refractivity (Wildman–Crippen MR) is 98.2 cm³/mol. The van der Waals surface area contributed by atoms with Gasteiger partial charge in [-0.15, -0.1) is 0 Å². The van der Waals surface area contributed by atoms with Crippen LogP contribution in [0, 0.1) is 0 Å². The Labute approximate surface area is 156 Å².